The lowest BCUT2D eigenvalue weighted by atomic mass is 9.78. The van der Waals surface area contributed by atoms with Crippen molar-refractivity contribution in [2.24, 2.45) is 5.41 Å². The Kier molecular flexibility index (Phi) is 1.95. The van der Waals surface area contributed by atoms with Crippen molar-refractivity contribution < 1.29 is 14.6 Å². The van der Waals surface area contributed by atoms with Gasteiger partial charge in [-0.05, 0) is 6.07 Å². The molecule has 0 unspecified atom stereocenters. The van der Waals surface area contributed by atoms with Crippen molar-refractivity contribution in [3.63, 3.8) is 0 Å². The SMILES string of the molecule is O=C(O)c1cc2nc(N3CC4(COC4)C3)ccn2n1. The van der Waals surface area contributed by atoms with Gasteiger partial charge in [0.25, 0.3) is 0 Å². The van der Waals surface area contributed by atoms with E-state index in [1.165, 1.54) is 10.6 Å². The fourth-order valence-corrected chi connectivity index (χ4v) is 2.65. The van der Waals surface area contributed by atoms with Crippen LogP contribution in [0, 0.1) is 5.41 Å². The predicted molar refractivity (Wildman–Crippen MR) is 65.4 cm³/mol. The van der Waals surface area contributed by atoms with Gasteiger partial charge in [-0.25, -0.2) is 14.3 Å². The minimum atomic E-state index is -1.04. The van der Waals surface area contributed by atoms with Crippen LogP contribution in [0.4, 0.5) is 5.82 Å². The van der Waals surface area contributed by atoms with E-state index in [2.05, 4.69) is 15.0 Å². The van der Waals surface area contributed by atoms with Gasteiger partial charge in [-0.15, -0.1) is 0 Å². The summed E-state index contributed by atoms with van der Waals surface area (Å²) in [7, 11) is 0. The van der Waals surface area contributed by atoms with E-state index in [-0.39, 0.29) is 5.69 Å². The maximum atomic E-state index is 10.9. The lowest BCUT2D eigenvalue weighted by molar-refractivity contribution is -0.127. The molecule has 7 nitrogen and oxygen atoms in total. The van der Waals surface area contributed by atoms with Crippen LogP contribution in [0.5, 0.6) is 0 Å². The summed E-state index contributed by atoms with van der Waals surface area (Å²) < 4.78 is 6.72. The summed E-state index contributed by atoms with van der Waals surface area (Å²) in [6.45, 7) is 3.58. The molecule has 2 aromatic rings. The van der Waals surface area contributed by atoms with Crippen LogP contribution in [0.15, 0.2) is 18.3 Å². The summed E-state index contributed by atoms with van der Waals surface area (Å²) in [5.41, 5.74) is 0.901. The van der Waals surface area contributed by atoms with E-state index in [4.69, 9.17) is 9.84 Å². The molecule has 0 aliphatic carbocycles. The minimum absolute atomic E-state index is 0.0112. The zero-order valence-electron chi connectivity index (χ0n) is 10.1. The van der Waals surface area contributed by atoms with E-state index >= 15 is 0 Å². The number of rotatable bonds is 2. The number of anilines is 1. The van der Waals surface area contributed by atoms with Crippen LogP contribution in [0.2, 0.25) is 0 Å². The van der Waals surface area contributed by atoms with Gasteiger partial charge in [0, 0.05) is 25.4 Å². The third-order valence-electron chi connectivity index (χ3n) is 3.72. The topological polar surface area (TPSA) is 80.0 Å². The fourth-order valence-electron chi connectivity index (χ4n) is 2.65. The maximum absolute atomic E-state index is 10.9. The summed E-state index contributed by atoms with van der Waals surface area (Å²) in [5, 5.41) is 12.8. The number of carbonyl (C=O) groups is 1. The Morgan fingerprint density at radius 2 is 2.21 bits per heavy atom. The van der Waals surface area contributed by atoms with Gasteiger partial charge in [0.2, 0.25) is 0 Å². The van der Waals surface area contributed by atoms with E-state index in [0.29, 0.717) is 11.1 Å². The highest BCUT2D eigenvalue weighted by Crippen LogP contribution is 2.39. The quantitative estimate of drug-likeness (QED) is 0.834. The van der Waals surface area contributed by atoms with Crippen LogP contribution in [-0.2, 0) is 4.74 Å². The van der Waals surface area contributed by atoms with Gasteiger partial charge in [-0.2, -0.15) is 5.10 Å². The van der Waals surface area contributed by atoms with Crippen LogP contribution >= 0.6 is 0 Å². The molecule has 0 aromatic carbocycles. The molecule has 0 amide bonds. The molecule has 1 N–H and O–H groups in total. The standard InChI is InChI=1S/C12H12N4O3/c17-11(18)8-3-10-13-9(1-2-16(10)14-8)15-4-12(5-15)6-19-7-12/h1-3H,4-7H2,(H,17,18). The van der Waals surface area contributed by atoms with Crippen LogP contribution in [0.1, 0.15) is 10.5 Å². The molecule has 0 atom stereocenters. The molecule has 19 heavy (non-hydrogen) atoms. The second-order valence-corrected chi connectivity index (χ2v) is 5.27. The largest absolute Gasteiger partial charge is 0.476 e. The lowest BCUT2D eigenvalue weighted by Gasteiger charge is -2.55. The highest BCUT2D eigenvalue weighted by Gasteiger charge is 2.49. The molecule has 0 radical (unpaired) electrons. The van der Waals surface area contributed by atoms with Gasteiger partial charge in [0.15, 0.2) is 11.3 Å². The van der Waals surface area contributed by atoms with E-state index in [9.17, 15) is 4.79 Å². The number of carboxylic acids is 1. The van der Waals surface area contributed by atoms with E-state index in [1.54, 1.807) is 6.20 Å². The van der Waals surface area contributed by atoms with Gasteiger partial charge in [-0.3, -0.25) is 0 Å². The van der Waals surface area contributed by atoms with Gasteiger partial charge < -0.3 is 14.7 Å². The summed E-state index contributed by atoms with van der Waals surface area (Å²) in [5.74, 6) is -0.177. The normalized spacial score (nSPS) is 20.3. The second-order valence-electron chi connectivity index (χ2n) is 5.27. The average molecular weight is 260 g/mol. The molecule has 0 saturated carbocycles. The number of fused-ring (bicyclic) bond motifs is 1. The highest BCUT2D eigenvalue weighted by molar-refractivity contribution is 5.86. The zero-order valence-corrected chi connectivity index (χ0v) is 10.1. The molecule has 2 fully saturated rings. The molecular weight excluding hydrogens is 248 g/mol. The Balaban J connectivity index is 1.63. The first-order valence-corrected chi connectivity index (χ1v) is 6.08. The molecule has 98 valence electrons. The van der Waals surface area contributed by atoms with Crippen LogP contribution in [-0.4, -0.2) is 52.0 Å². The number of aromatic carboxylic acids is 1. The first-order chi connectivity index (χ1) is 9.15. The van der Waals surface area contributed by atoms with Crippen molar-refractivity contribution in [1.82, 2.24) is 14.6 Å². The van der Waals surface area contributed by atoms with Crippen molar-refractivity contribution >= 4 is 17.4 Å². The summed E-state index contributed by atoms with van der Waals surface area (Å²) in [4.78, 5) is 17.5. The van der Waals surface area contributed by atoms with E-state index in [1.807, 2.05) is 6.07 Å². The molecule has 4 rings (SSSR count). The monoisotopic (exact) mass is 260 g/mol. The molecule has 2 saturated heterocycles. The molecule has 0 bridgehead atoms. The molecule has 2 aliphatic heterocycles. The van der Waals surface area contributed by atoms with Crippen molar-refractivity contribution in [2.45, 2.75) is 0 Å². The van der Waals surface area contributed by atoms with Gasteiger partial charge in [-0.1, -0.05) is 0 Å². The number of carboxylic acid groups (broad SMARTS) is 1. The Labute approximate surface area is 108 Å². The van der Waals surface area contributed by atoms with Gasteiger partial charge in [0.1, 0.15) is 5.82 Å². The lowest BCUT2D eigenvalue weighted by Crippen LogP contribution is -2.66. The minimum Gasteiger partial charge on any atom is -0.476 e. The number of hydrogen-bond donors (Lipinski definition) is 1. The molecule has 7 heteroatoms. The van der Waals surface area contributed by atoms with Crippen molar-refractivity contribution in [3.8, 4) is 0 Å². The van der Waals surface area contributed by atoms with Gasteiger partial charge in [0.05, 0.1) is 18.6 Å². The maximum Gasteiger partial charge on any atom is 0.356 e. The Morgan fingerprint density at radius 3 is 2.84 bits per heavy atom. The smallest absolute Gasteiger partial charge is 0.356 e. The predicted octanol–water partition coefficient (Wildman–Crippen LogP) is 0.264. The van der Waals surface area contributed by atoms with Crippen molar-refractivity contribution in [2.75, 3.05) is 31.2 Å². The third-order valence-corrected chi connectivity index (χ3v) is 3.72. The number of ether oxygens (including phenoxy) is 1. The van der Waals surface area contributed by atoms with Crippen molar-refractivity contribution in [1.29, 1.82) is 0 Å². The van der Waals surface area contributed by atoms with E-state index in [0.717, 1.165) is 32.1 Å². The number of aromatic nitrogens is 3. The Hall–Kier alpha value is -2.15. The molecule has 2 aromatic heterocycles. The fraction of sp³-hybridized carbons (Fsp3) is 0.417. The highest BCUT2D eigenvalue weighted by atomic mass is 16.5. The Bertz CT molecular complexity index is 669. The van der Waals surface area contributed by atoms with E-state index < -0.39 is 5.97 Å². The molecular formula is C12H12N4O3. The summed E-state index contributed by atoms with van der Waals surface area (Å²) in [6, 6.07) is 3.34. The third kappa shape index (κ3) is 1.51. The summed E-state index contributed by atoms with van der Waals surface area (Å²) in [6.07, 6.45) is 1.74. The van der Waals surface area contributed by atoms with Crippen LogP contribution in [0.3, 0.4) is 0 Å². The first-order valence-electron chi connectivity index (χ1n) is 6.08. The number of nitrogens with zero attached hydrogens (tertiary/aromatic N) is 4. The molecule has 2 aliphatic rings. The Morgan fingerprint density at radius 1 is 1.42 bits per heavy atom. The molecule has 4 heterocycles. The summed E-state index contributed by atoms with van der Waals surface area (Å²) >= 11 is 0. The number of hydrogen-bond acceptors (Lipinski definition) is 5. The van der Waals surface area contributed by atoms with Crippen molar-refractivity contribution in [3.05, 3.63) is 24.0 Å². The average Bonchev–Trinajstić information content (AvgIpc) is 2.68. The second kappa shape index (κ2) is 3.45. The first kappa shape index (κ1) is 10.7. The van der Waals surface area contributed by atoms with Gasteiger partial charge >= 0.3 is 5.97 Å². The zero-order chi connectivity index (χ0) is 13.0. The van der Waals surface area contributed by atoms with Crippen LogP contribution < -0.4 is 4.90 Å². The molecule has 1 spiro atoms. The van der Waals surface area contributed by atoms with Crippen LogP contribution in [0.25, 0.3) is 5.65 Å².